The fourth-order valence-electron chi connectivity index (χ4n) is 3.16. The van der Waals surface area contributed by atoms with E-state index < -0.39 is 44.5 Å². The number of hydrogen-bond donors (Lipinski definition) is 4. The number of carbonyl (C=O) groups is 2. The van der Waals surface area contributed by atoms with E-state index in [0.29, 0.717) is 11.4 Å². The van der Waals surface area contributed by atoms with Crippen molar-refractivity contribution in [2.45, 2.75) is 0 Å². The molecule has 0 aliphatic heterocycles. The Labute approximate surface area is 215 Å². The standard InChI is InChI=1S/2C13H10N2O4/c2*16-12-10(7-4-8-11(12)15(18)19)13(17)14-9-5-2-1-3-6-9/h2*1-8,16H,(H,14,17). The molecular weight excluding hydrogens is 496 g/mol. The summed E-state index contributed by atoms with van der Waals surface area (Å²) in [4.78, 5) is 43.7. The number of phenolic OH excluding ortho intramolecular Hbond substituents is 2. The predicted octanol–water partition coefficient (Wildman–Crippen LogP) is 5.11. The van der Waals surface area contributed by atoms with Crippen LogP contribution in [0.25, 0.3) is 0 Å². The molecule has 12 heteroatoms. The molecule has 0 fully saturated rings. The number of benzene rings is 4. The highest BCUT2D eigenvalue weighted by Gasteiger charge is 2.22. The first-order chi connectivity index (χ1) is 18.2. The van der Waals surface area contributed by atoms with E-state index in [-0.39, 0.29) is 11.1 Å². The Morgan fingerprint density at radius 2 is 0.895 bits per heavy atom. The van der Waals surface area contributed by atoms with Crippen molar-refractivity contribution in [3.63, 3.8) is 0 Å². The van der Waals surface area contributed by atoms with Gasteiger partial charge in [0.25, 0.3) is 11.8 Å². The van der Waals surface area contributed by atoms with Gasteiger partial charge in [0.15, 0.2) is 0 Å². The Kier molecular flexibility index (Phi) is 8.65. The third-order valence-electron chi connectivity index (χ3n) is 4.98. The van der Waals surface area contributed by atoms with E-state index in [2.05, 4.69) is 10.6 Å². The van der Waals surface area contributed by atoms with Crippen LogP contribution in [0.3, 0.4) is 0 Å². The summed E-state index contributed by atoms with van der Waals surface area (Å²) in [5, 5.41) is 45.8. The van der Waals surface area contributed by atoms with Gasteiger partial charge >= 0.3 is 11.4 Å². The van der Waals surface area contributed by atoms with E-state index in [4.69, 9.17) is 0 Å². The second-order valence-electron chi connectivity index (χ2n) is 7.50. The summed E-state index contributed by atoms with van der Waals surface area (Å²) in [5.41, 5.74) is -0.200. The molecule has 4 N–H and O–H groups in total. The number of aromatic hydroxyl groups is 2. The minimum Gasteiger partial charge on any atom is -0.502 e. The SMILES string of the molecule is O=C(Nc1ccccc1)c1cccc([N+](=O)[O-])c1O.O=C(Nc1ccccc1)c1cccc([N+](=O)[O-])c1O. The normalized spacial score (nSPS) is 9.89. The largest absolute Gasteiger partial charge is 0.502 e. The van der Waals surface area contributed by atoms with Crippen LogP contribution in [0.4, 0.5) is 22.7 Å². The van der Waals surface area contributed by atoms with Gasteiger partial charge < -0.3 is 20.8 Å². The first-order valence-electron chi connectivity index (χ1n) is 10.8. The third kappa shape index (κ3) is 6.66. The molecule has 4 aromatic carbocycles. The topological polar surface area (TPSA) is 185 Å². The molecule has 0 atom stereocenters. The number of rotatable bonds is 6. The number of hydrogen-bond acceptors (Lipinski definition) is 8. The van der Waals surface area contributed by atoms with E-state index in [1.807, 2.05) is 0 Å². The highest BCUT2D eigenvalue weighted by Crippen LogP contribution is 2.30. The molecule has 4 aromatic rings. The minimum absolute atomic E-state index is 0.141. The average molecular weight is 516 g/mol. The highest BCUT2D eigenvalue weighted by atomic mass is 16.6. The van der Waals surface area contributed by atoms with Gasteiger partial charge in [-0.1, -0.05) is 48.5 Å². The van der Waals surface area contributed by atoms with Crippen molar-refractivity contribution >= 4 is 34.6 Å². The Morgan fingerprint density at radius 1 is 0.553 bits per heavy atom. The molecule has 0 radical (unpaired) electrons. The first-order valence-corrected chi connectivity index (χ1v) is 10.8. The Bertz CT molecular complexity index is 1360. The van der Waals surface area contributed by atoms with Gasteiger partial charge in [-0.15, -0.1) is 0 Å². The van der Waals surface area contributed by atoms with Gasteiger partial charge in [0, 0.05) is 23.5 Å². The molecule has 4 rings (SSSR count). The van der Waals surface area contributed by atoms with E-state index in [1.165, 1.54) is 24.3 Å². The van der Waals surface area contributed by atoms with Gasteiger partial charge in [0.1, 0.15) is 0 Å². The summed E-state index contributed by atoms with van der Waals surface area (Å²) >= 11 is 0. The molecule has 0 aliphatic carbocycles. The van der Waals surface area contributed by atoms with Gasteiger partial charge in [0.05, 0.1) is 21.0 Å². The summed E-state index contributed by atoms with van der Waals surface area (Å²) in [5.74, 6) is -2.48. The lowest BCUT2D eigenvalue weighted by Crippen LogP contribution is -2.12. The number of amides is 2. The summed E-state index contributed by atoms with van der Waals surface area (Å²) in [6, 6.07) is 24.8. The van der Waals surface area contributed by atoms with Crippen LogP contribution in [-0.4, -0.2) is 31.9 Å². The number of nitro benzene ring substituents is 2. The lowest BCUT2D eigenvalue weighted by molar-refractivity contribution is -0.386. The average Bonchev–Trinajstić information content (AvgIpc) is 2.90. The second-order valence-corrected chi connectivity index (χ2v) is 7.50. The number of carbonyl (C=O) groups excluding carboxylic acids is 2. The van der Waals surface area contributed by atoms with Crippen LogP contribution < -0.4 is 10.6 Å². The molecule has 0 spiro atoms. The highest BCUT2D eigenvalue weighted by molar-refractivity contribution is 6.07. The van der Waals surface area contributed by atoms with Gasteiger partial charge in [-0.05, 0) is 36.4 Å². The van der Waals surface area contributed by atoms with Crippen LogP contribution >= 0.6 is 0 Å². The van der Waals surface area contributed by atoms with Gasteiger partial charge in [-0.25, -0.2) is 0 Å². The third-order valence-corrected chi connectivity index (χ3v) is 4.98. The smallest absolute Gasteiger partial charge is 0.311 e. The Morgan fingerprint density at radius 3 is 1.21 bits per heavy atom. The van der Waals surface area contributed by atoms with Crippen molar-refractivity contribution in [1.82, 2.24) is 0 Å². The molecule has 0 unspecified atom stereocenters. The van der Waals surface area contributed by atoms with Crippen molar-refractivity contribution in [3.8, 4) is 11.5 Å². The number of phenols is 2. The van der Waals surface area contributed by atoms with Crippen LogP contribution in [0.1, 0.15) is 20.7 Å². The maximum absolute atomic E-state index is 11.9. The molecule has 0 aromatic heterocycles. The van der Waals surface area contributed by atoms with Crippen molar-refractivity contribution in [2.75, 3.05) is 10.6 Å². The van der Waals surface area contributed by atoms with Crippen molar-refractivity contribution in [2.24, 2.45) is 0 Å². The molecular formula is C26H20N4O8. The zero-order chi connectivity index (χ0) is 27.7. The summed E-state index contributed by atoms with van der Waals surface area (Å²) in [7, 11) is 0. The van der Waals surface area contributed by atoms with Crippen LogP contribution in [0, 0.1) is 20.2 Å². The lowest BCUT2D eigenvalue weighted by atomic mass is 10.1. The molecule has 0 bridgehead atoms. The zero-order valence-electron chi connectivity index (χ0n) is 19.5. The van der Waals surface area contributed by atoms with E-state index in [0.717, 1.165) is 12.1 Å². The van der Waals surface area contributed by atoms with E-state index in [1.54, 1.807) is 60.7 Å². The molecule has 0 saturated carbocycles. The molecule has 2 amide bonds. The quantitative estimate of drug-likeness (QED) is 0.201. The molecule has 0 aliphatic rings. The number of nitrogens with zero attached hydrogens (tertiary/aromatic N) is 2. The monoisotopic (exact) mass is 516 g/mol. The molecule has 38 heavy (non-hydrogen) atoms. The van der Waals surface area contributed by atoms with E-state index >= 15 is 0 Å². The lowest BCUT2D eigenvalue weighted by Gasteiger charge is -2.06. The maximum Gasteiger partial charge on any atom is 0.311 e. The van der Waals surface area contributed by atoms with Crippen LogP contribution in [0.2, 0.25) is 0 Å². The van der Waals surface area contributed by atoms with Crippen molar-refractivity contribution < 1.29 is 29.6 Å². The summed E-state index contributed by atoms with van der Waals surface area (Å²) in [6.45, 7) is 0. The predicted molar refractivity (Wildman–Crippen MR) is 138 cm³/mol. The zero-order valence-corrected chi connectivity index (χ0v) is 19.5. The van der Waals surface area contributed by atoms with E-state index in [9.17, 15) is 40.0 Å². The Balaban J connectivity index is 0.000000211. The molecule has 192 valence electrons. The first kappa shape index (κ1) is 26.8. The fourth-order valence-corrected chi connectivity index (χ4v) is 3.16. The molecule has 0 saturated heterocycles. The van der Waals surface area contributed by atoms with Crippen LogP contribution in [0.15, 0.2) is 97.1 Å². The molecule has 12 nitrogen and oxygen atoms in total. The van der Waals surface area contributed by atoms with Crippen LogP contribution in [-0.2, 0) is 0 Å². The minimum atomic E-state index is -0.741. The number of para-hydroxylation sites is 4. The fraction of sp³-hybridized carbons (Fsp3) is 0. The molecule has 0 heterocycles. The Hall–Kier alpha value is -5.78. The maximum atomic E-state index is 11.9. The van der Waals surface area contributed by atoms with Gasteiger partial charge in [-0.3, -0.25) is 29.8 Å². The second kappa shape index (κ2) is 12.3. The summed E-state index contributed by atoms with van der Waals surface area (Å²) in [6.07, 6.45) is 0. The van der Waals surface area contributed by atoms with Gasteiger partial charge in [0.2, 0.25) is 11.5 Å². The van der Waals surface area contributed by atoms with Crippen molar-refractivity contribution in [1.29, 1.82) is 0 Å². The van der Waals surface area contributed by atoms with Gasteiger partial charge in [-0.2, -0.15) is 0 Å². The number of nitro groups is 2. The summed E-state index contributed by atoms with van der Waals surface area (Å²) < 4.78 is 0. The van der Waals surface area contributed by atoms with Crippen LogP contribution in [0.5, 0.6) is 11.5 Å². The number of nitrogens with one attached hydrogen (secondary N) is 2. The van der Waals surface area contributed by atoms with Crippen molar-refractivity contribution in [3.05, 3.63) is 128 Å². The number of anilines is 2.